The summed E-state index contributed by atoms with van der Waals surface area (Å²) in [5.41, 5.74) is 1.15. The largest absolute Gasteiger partial charge is 0.481 e. The van der Waals surface area contributed by atoms with Crippen LogP contribution in [-0.4, -0.2) is 23.2 Å². The highest BCUT2D eigenvalue weighted by atomic mass is 16.5. The minimum Gasteiger partial charge on any atom is -0.481 e. The standard InChI is InChI=1S/C12H13N3O3/c1-8-5-10(15-18-8)12(16)14-7-9-3-4-11(17-2)13-6-9/h3-6H,7H2,1-2H3,(H,14,16). The van der Waals surface area contributed by atoms with E-state index in [2.05, 4.69) is 15.5 Å². The Kier molecular flexibility index (Phi) is 3.57. The van der Waals surface area contributed by atoms with Crippen molar-refractivity contribution in [1.82, 2.24) is 15.5 Å². The number of pyridine rings is 1. The molecule has 1 amide bonds. The Labute approximate surface area is 104 Å². The number of nitrogens with zero attached hydrogens (tertiary/aromatic N) is 2. The molecule has 2 aromatic heterocycles. The van der Waals surface area contributed by atoms with Crippen molar-refractivity contribution in [1.29, 1.82) is 0 Å². The second-order valence-corrected chi connectivity index (χ2v) is 3.71. The molecule has 0 aliphatic carbocycles. The van der Waals surface area contributed by atoms with Crippen molar-refractivity contribution in [2.75, 3.05) is 7.11 Å². The van der Waals surface area contributed by atoms with Crippen molar-refractivity contribution in [2.45, 2.75) is 13.5 Å². The fourth-order valence-corrected chi connectivity index (χ4v) is 1.38. The van der Waals surface area contributed by atoms with Crippen LogP contribution in [0.4, 0.5) is 0 Å². The summed E-state index contributed by atoms with van der Waals surface area (Å²) in [7, 11) is 1.55. The van der Waals surface area contributed by atoms with Gasteiger partial charge in [0.1, 0.15) is 5.76 Å². The molecule has 0 fully saturated rings. The van der Waals surface area contributed by atoms with E-state index in [0.717, 1.165) is 5.56 Å². The number of amides is 1. The topological polar surface area (TPSA) is 77.2 Å². The summed E-state index contributed by atoms with van der Waals surface area (Å²) >= 11 is 0. The molecule has 0 spiro atoms. The molecule has 2 rings (SSSR count). The third-order valence-electron chi connectivity index (χ3n) is 2.32. The van der Waals surface area contributed by atoms with Crippen LogP contribution >= 0.6 is 0 Å². The Hall–Kier alpha value is -2.37. The minimum atomic E-state index is -0.275. The van der Waals surface area contributed by atoms with E-state index in [1.54, 1.807) is 32.4 Å². The summed E-state index contributed by atoms with van der Waals surface area (Å²) in [6.45, 7) is 2.11. The summed E-state index contributed by atoms with van der Waals surface area (Å²) in [4.78, 5) is 15.7. The molecular weight excluding hydrogens is 234 g/mol. The zero-order valence-corrected chi connectivity index (χ0v) is 10.1. The van der Waals surface area contributed by atoms with E-state index >= 15 is 0 Å². The Morgan fingerprint density at radius 3 is 2.89 bits per heavy atom. The Morgan fingerprint density at radius 2 is 2.33 bits per heavy atom. The first-order valence-electron chi connectivity index (χ1n) is 5.39. The predicted molar refractivity (Wildman–Crippen MR) is 63.2 cm³/mol. The van der Waals surface area contributed by atoms with Gasteiger partial charge >= 0.3 is 0 Å². The number of hydrogen-bond acceptors (Lipinski definition) is 5. The Morgan fingerprint density at radius 1 is 1.50 bits per heavy atom. The summed E-state index contributed by atoms with van der Waals surface area (Å²) in [5.74, 6) is 0.867. The summed E-state index contributed by atoms with van der Waals surface area (Å²) in [6.07, 6.45) is 1.65. The van der Waals surface area contributed by atoms with Crippen LogP contribution in [0, 0.1) is 6.92 Å². The van der Waals surface area contributed by atoms with Gasteiger partial charge in [-0.25, -0.2) is 4.98 Å². The lowest BCUT2D eigenvalue weighted by Crippen LogP contribution is -2.23. The van der Waals surface area contributed by atoms with Gasteiger partial charge in [0.15, 0.2) is 5.69 Å². The lowest BCUT2D eigenvalue weighted by atomic mass is 10.2. The molecule has 6 heteroatoms. The molecule has 1 N–H and O–H groups in total. The highest BCUT2D eigenvalue weighted by Crippen LogP contribution is 2.07. The zero-order chi connectivity index (χ0) is 13.0. The van der Waals surface area contributed by atoms with Crippen molar-refractivity contribution >= 4 is 5.91 Å². The lowest BCUT2D eigenvalue weighted by molar-refractivity contribution is 0.0942. The van der Waals surface area contributed by atoms with Gasteiger partial charge in [-0.15, -0.1) is 0 Å². The van der Waals surface area contributed by atoms with Crippen LogP contribution in [0.5, 0.6) is 5.88 Å². The molecule has 94 valence electrons. The molecule has 0 aliphatic rings. The van der Waals surface area contributed by atoms with Gasteiger partial charge in [0.25, 0.3) is 5.91 Å². The van der Waals surface area contributed by atoms with Crippen LogP contribution in [0.15, 0.2) is 28.9 Å². The van der Waals surface area contributed by atoms with Crippen molar-refractivity contribution in [3.63, 3.8) is 0 Å². The monoisotopic (exact) mass is 247 g/mol. The average Bonchev–Trinajstić information content (AvgIpc) is 2.83. The van der Waals surface area contributed by atoms with Gasteiger partial charge in [-0.05, 0) is 12.5 Å². The van der Waals surface area contributed by atoms with Gasteiger partial charge in [-0.2, -0.15) is 0 Å². The van der Waals surface area contributed by atoms with Crippen molar-refractivity contribution in [2.24, 2.45) is 0 Å². The van der Waals surface area contributed by atoms with E-state index in [-0.39, 0.29) is 11.6 Å². The summed E-state index contributed by atoms with van der Waals surface area (Å²) in [5, 5.41) is 6.36. The second-order valence-electron chi connectivity index (χ2n) is 3.71. The molecule has 0 radical (unpaired) electrons. The first-order chi connectivity index (χ1) is 8.69. The van der Waals surface area contributed by atoms with Gasteiger partial charge < -0.3 is 14.6 Å². The van der Waals surface area contributed by atoms with Crippen LogP contribution in [0.1, 0.15) is 21.8 Å². The van der Waals surface area contributed by atoms with Crippen LogP contribution in [0.3, 0.4) is 0 Å². The van der Waals surface area contributed by atoms with E-state index in [9.17, 15) is 4.79 Å². The summed E-state index contributed by atoms with van der Waals surface area (Å²) in [6, 6.07) is 5.16. The minimum absolute atomic E-state index is 0.272. The molecule has 0 saturated heterocycles. The van der Waals surface area contributed by atoms with Crippen LogP contribution in [0.2, 0.25) is 0 Å². The van der Waals surface area contributed by atoms with Crippen molar-refractivity contribution < 1.29 is 14.1 Å². The average molecular weight is 247 g/mol. The first-order valence-corrected chi connectivity index (χ1v) is 5.39. The number of carbonyl (C=O) groups is 1. The number of aryl methyl sites for hydroxylation is 1. The van der Waals surface area contributed by atoms with E-state index in [1.807, 2.05) is 6.07 Å². The number of carbonyl (C=O) groups excluding carboxylic acids is 1. The van der Waals surface area contributed by atoms with Gasteiger partial charge in [0.05, 0.1) is 7.11 Å². The molecule has 0 bridgehead atoms. The van der Waals surface area contributed by atoms with E-state index in [0.29, 0.717) is 18.2 Å². The quantitative estimate of drug-likeness (QED) is 0.881. The molecule has 18 heavy (non-hydrogen) atoms. The van der Waals surface area contributed by atoms with Crippen LogP contribution < -0.4 is 10.1 Å². The summed E-state index contributed by atoms with van der Waals surface area (Å²) < 4.78 is 9.77. The smallest absolute Gasteiger partial charge is 0.273 e. The molecule has 0 aromatic carbocycles. The fourth-order valence-electron chi connectivity index (χ4n) is 1.38. The van der Waals surface area contributed by atoms with Gasteiger partial charge in [0, 0.05) is 24.9 Å². The normalized spacial score (nSPS) is 10.1. The molecule has 0 atom stereocenters. The maximum absolute atomic E-state index is 11.7. The number of ether oxygens (including phenoxy) is 1. The Bertz CT molecular complexity index is 534. The number of methoxy groups -OCH3 is 1. The number of rotatable bonds is 4. The Balaban J connectivity index is 1.92. The van der Waals surface area contributed by atoms with E-state index < -0.39 is 0 Å². The maximum atomic E-state index is 11.7. The van der Waals surface area contributed by atoms with E-state index in [1.165, 1.54) is 0 Å². The van der Waals surface area contributed by atoms with Gasteiger partial charge in [0.2, 0.25) is 5.88 Å². The molecule has 6 nitrogen and oxygen atoms in total. The molecule has 2 aromatic rings. The highest BCUT2D eigenvalue weighted by molar-refractivity contribution is 5.92. The van der Waals surface area contributed by atoms with Gasteiger partial charge in [-0.3, -0.25) is 4.79 Å². The molecule has 0 saturated carbocycles. The molecule has 0 aliphatic heterocycles. The number of nitrogens with one attached hydrogen (secondary N) is 1. The van der Waals surface area contributed by atoms with Crippen molar-refractivity contribution in [3.8, 4) is 5.88 Å². The third kappa shape index (κ3) is 2.85. The molecular formula is C12H13N3O3. The SMILES string of the molecule is COc1ccc(CNC(=O)c2cc(C)on2)cn1. The number of hydrogen-bond donors (Lipinski definition) is 1. The first kappa shape index (κ1) is 12.1. The molecule has 0 unspecified atom stereocenters. The highest BCUT2D eigenvalue weighted by Gasteiger charge is 2.10. The maximum Gasteiger partial charge on any atom is 0.273 e. The van der Waals surface area contributed by atoms with Crippen LogP contribution in [0.25, 0.3) is 0 Å². The molecule has 2 heterocycles. The van der Waals surface area contributed by atoms with Crippen molar-refractivity contribution in [3.05, 3.63) is 41.4 Å². The third-order valence-corrected chi connectivity index (χ3v) is 2.32. The fraction of sp³-hybridized carbons (Fsp3) is 0.250. The zero-order valence-electron chi connectivity index (χ0n) is 10.1. The predicted octanol–water partition coefficient (Wildman–Crippen LogP) is 1.32. The van der Waals surface area contributed by atoms with E-state index in [4.69, 9.17) is 9.26 Å². The van der Waals surface area contributed by atoms with Gasteiger partial charge in [-0.1, -0.05) is 11.2 Å². The number of aromatic nitrogens is 2. The second kappa shape index (κ2) is 5.31. The van der Waals surface area contributed by atoms with Crippen LogP contribution in [-0.2, 0) is 6.54 Å². The lowest BCUT2D eigenvalue weighted by Gasteiger charge is -2.03.